The Balaban J connectivity index is 1.77. The van der Waals surface area contributed by atoms with Crippen molar-refractivity contribution >= 4 is 63.3 Å². The molecule has 0 unspecified atom stereocenters. The summed E-state index contributed by atoms with van der Waals surface area (Å²) in [6.45, 7) is 3.99. The van der Waals surface area contributed by atoms with Gasteiger partial charge in [0.15, 0.2) is 5.17 Å². The third kappa shape index (κ3) is 4.95. The number of carbonyl (C=O) groups excluding carboxylic acids is 2. The van der Waals surface area contributed by atoms with E-state index < -0.39 is 5.25 Å². The lowest BCUT2D eigenvalue weighted by Gasteiger charge is -2.14. The number of hydrogen-bond acceptors (Lipinski definition) is 4. The van der Waals surface area contributed by atoms with E-state index in [1.807, 2.05) is 18.2 Å². The van der Waals surface area contributed by atoms with E-state index in [2.05, 4.69) is 16.9 Å². The molecule has 2 amide bonds. The van der Waals surface area contributed by atoms with Gasteiger partial charge in [-0.15, -0.1) is 6.58 Å². The van der Waals surface area contributed by atoms with Crippen molar-refractivity contribution in [1.29, 1.82) is 0 Å². The second-order valence-electron chi connectivity index (χ2n) is 5.95. The number of rotatable bonds is 6. The summed E-state index contributed by atoms with van der Waals surface area (Å²) in [6.07, 6.45) is 1.66. The molecule has 1 aliphatic rings. The maximum Gasteiger partial charge on any atom is 0.242 e. The Kier molecular flexibility index (Phi) is 6.78. The van der Waals surface area contributed by atoms with Gasteiger partial charge in [0.05, 0.1) is 10.7 Å². The van der Waals surface area contributed by atoms with Crippen molar-refractivity contribution in [2.75, 3.05) is 11.9 Å². The van der Waals surface area contributed by atoms with Gasteiger partial charge in [-0.3, -0.25) is 14.5 Å². The maximum atomic E-state index is 12.8. The molecule has 1 aliphatic heterocycles. The van der Waals surface area contributed by atoms with E-state index >= 15 is 0 Å². The summed E-state index contributed by atoms with van der Waals surface area (Å²) in [4.78, 5) is 31.1. The largest absolute Gasteiger partial charge is 0.326 e. The minimum atomic E-state index is -0.562. The van der Waals surface area contributed by atoms with E-state index in [0.717, 1.165) is 0 Å². The molecule has 2 aromatic carbocycles. The number of carbonyl (C=O) groups is 2. The third-order valence-corrected chi connectivity index (χ3v) is 5.60. The van der Waals surface area contributed by atoms with Crippen molar-refractivity contribution in [2.24, 2.45) is 4.99 Å². The molecule has 1 heterocycles. The van der Waals surface area contributed by atoms with Crippen molar-refractivity contribution in [3.8, 4) is 0 Å². The Morgan fingerprint density at radius 2 is 2.00 bits per heavy atom. The van der Waals surface area contributed by atoms with Crippen LogP contribution in [0.5, 0.6) is 0 Å². The molecular weight excluding hydrogens is 417 g/mol. The van der Waals surface area contributed by atoms with Crippen LogP contribution in [0.15, 0.2) is 66.2 Å². The number of nitrogens with one attached hydrogen (secondary N) is 1. The fourth-order valence-electron chi connectivity index (χ4n) is 2.60. The molecule has 0 saturated carbocycles. The number of thioether (sulfide) groups is 1. The van der Waals surface area contributed by atoms with Crippen molar-refractivity contribution in [1.82, 2.24) is 4.90 Å². The summed E-state index contributed by atoms with van der Waals surface area (Å²) >= 11 is 13.4. The SMILES string of the molecule is C=CCN1C(=O)[C@@H](CC(=O)Nc2ccccc2)SC1=Nc1ccc(Cl)cc1Cl. The normalized spacial score (nSPS) is 17.8. The van der Waals surface area contributed by atoms with Crippen LogP contribution in [0, 0.1) is 0 Å². The number of nitrogens with zero attached hydrogens (tertiary/aromatic N) is 2. The topological polar surface area (TPSA) is 61.8 Å². The van der Waals surface area contributed by atoms with Gasteiger partial charge < -0.3 is 5.32 Å². The molecule has 8 heteroatoms. The first kappa shape index (κ1) is 20.5. The minimum Gasteiger partial charge on any atom is -0.326 e. The molecule has 3 rings (SSSR count). The molecular formula is C20H17Cl2N3O2S. The summed E-state index contributed by atoms with van der Waals surface area (Å²) in [5.41, 5.74) is 1.19. The molecule has 1 saturated heterocycles. The number of amides is 2. The molecule has 2 aromatic rings. The van der Waals surface area contributed by atoms with Gasteiger partial charge in [-0.1, -0.05) is 59.2 Å². The monoisotopic (exact) mass is 433 g/mol. The molecule has 0 radical (unpaired) electrons. The molecule has 5 nitrogen and oxygen atoms in total. The number of anilines is 1. The van der Waals surface area contributed by atoms with Gasteiger partial charge >= 0.3 is 0 Å². The van der Waals surface area contributed by atoms with Crippen molar-refractivity contribution in [2.45, 2.75) is 11.7 Å². The molecule has 1 N–H and O–H groups in total. The minimum absolute atomic E-state index is 0.0411. The number of amidine groups is 1. The average Bonchev–Trinajstić information content (AvgIpc) is 2.94. The number of halogens is 2. The summed E-state index contributed by atoms with van der Waals surface area (Å²) in [7, 11) is 0. The molecule has 0 aliphatic carbocycles. The van der Waals surface area contributed by atoms with Crippen LogP contribution in [0.3, 0.4) is 0 Å². The van der Waals surface area contributed by atoms with Crippen LogP contribution in [-0.4, -0.2) is 33.7 Å². The van der Waals surface area contributed by atoms with Crippen LogP contribution >= 0.6 is 35.0 Å². The summed E-state index contributed by atoms with van der Waals surface area (Å²) in [6, 6.07) is 14.1. The van der Waals surface area contributed by atoms with Gasteiger partial charge in [0.1, 0.15) is 5.25 Å². The number of aliphatic imine (C=N–C) groups is 1. The van der Waals surface area contributed by atoms with Gasteiger partial charge in [-0.25, -0.2) is 4.99 Å². The summed E-state index contributed by atoms with van der Waals surface area (Å²) < 4.78 is 0. The highest BCUT2D eigenvalue weighted by atomic mass is 35.5. The van der Waals surface area contributed by atoms with Crippen LogP contribution in [0.4, 0.5) is 11.4 Å². The zero-order valence-corrected chi connectivity index (χ0v) is 17.1. The predicted octanol–water partition coefficient (Wildman–Crippen LogP) is 5.14. The highest BCUT2D eigenvalue weighted by molar-refractivity contribution is 8.15. The zero-order chi connectivity index (χ0) is 20.1. The second kappa shape index (κ2) is 9.28. The standard InChI is InChI=1S/C20H17Cl2N3O2S/c1-2-10-25-19(27)17(12-18(26)23-14-6-4-3-5-7-14)28-20(25)24-16-9-8-13(21)11-15(16)22/h2-9,11,17H,1,10,12H2,(H,23,26)/t17-/m1/s1. The van der Waals surface area contributed by atoms with Crippen molar-refractivity contribution in [3.63, 3.8) is 0 Å². The van der Waals surface area contributed by atoms with E-state index in [1.54, 1.807) is 36.4 Å². The number of benzene rings is 2. The smallest absolute Gasteiger partial charge is 0.242 e. The summed E-state index contributed by atoms with van der Waals surface area (Å²) in [5, 5.41) is 3.60. The Bertz CT molecular complexity index is 934. The lowest BCUT2D eigenvalue weighted by molar-refractivity contribution is -0.127. The predicted molar refractivity (Wildman–Crippen MR) is 117 cm³/mol. The molecule has 144 valence electrons. The highest BCUT2D eigenvalue weighted by Crippen LogP contribution is 2.34. The van der Waals surface area contributed by atoms with E-state index in [0.29, 0.717) is 33.1 Å². The Hall–Kier alpha value is -2.28. The molecule has 1 fully saturated rings. The first-order chi connectivity index (χ1) is 13.5. The Morgan fingerprint density at radius 3 is 2.68 bits per heavy atom. The van der Waals surface area contributed by atoms with Gasteiger partial charge in [-0.05, 0) is 30.3 Å². The first-order valence-electron chi connectivity index (χ1n) is 8.45. The lowest BCUT2D eigenvalue weighted by atomic mass is 10.2. The van der Waals surface area contributed by atoms with E-state index in [-0.39, 0.29) is 18.2 Å². The Labute approximate surface area is 177 Å². The van der Waals surface area contributed by atoms with Crippen LogP contribution in [0.1, 0.15) is 6.42 Å². The van der Waals surface area contributed by atoms with Gasteiger partial charge in [0, 0.05) is 23.7 Å². The maximum absolute atomic E-state index is 12.8. The number of hydrogen-bond donors (Lipinski definition) is 1. The second-order valence-corrected chi connectivity index (χ2v) is 7.97. The molecule has 0 aromatic heterocycles. The lowest BCUT2D eigenvalue weighted by Crippen LogP contribution is -2.33. The van der Waals surface area contributed by atoms with E-state index in [1.165, 1.54) is 16.7 Å². The van der Waals surface area contributed by atoms with E-state index in [4.69, 9.17) is 23.2 Å². The summed E-state index contributed by atoms with van der Waals surface area (Å²) in [5.74, 6) is -0.418. The average molecular weight is 434 g/mol. The van der Waals surface area contributed by atoms with Crippen LogP contribution < -0.4 is 5.32 Å². The quantitative estimate of drug-likeness (QED) is 0.641. The first-order valence-corrected chi connectivity index (χ1v) is 10.1. The van der Waals surface area contributed by atoms with Crippen molar-refractivity contribution in [3.05, 3.63) is 71.2 Å². The van der Waals surface area contributed by atoms with Crippen molar-refractivity contribution < 1.29 is 9.59 Å². The fourth-order valence-corrected chi connectivity index (χ4v) is 4.21. The Morgan fingerprint density at radius 1 is 1.25 bits per heavy atom. The van der Waals surface area contributed by atoms with Gasteiger partial charge in [0.25, 0.3) is 0 Å². The zero-order valence-electron chi connectivity index (χ0n) is 14.8. The van der Waals surface area contributed by atoms with E-state index in [9.17, 15) is 9.59 Å². The van der Waals surface area contributed by atoms with Gasteiger partial charge in [0.2, 0.25) is 11.8 Å². The molecule has 0 bridgehead atoms. The van der Waals surface area contributed by atoms with Crippen LogP contribution in [-0.2, 0) is 9.59 Å². The third-order valence-electron chi connectivity index (χ3n) is 3.89. The van der Waals surface area contributed by atoms with Crippen LogP contribution in [0.25, 0.3) is 0 Å². The van der Waals surface area contributed by atoms with Crippen LogP contribution in [0.2, 0.25) is 10.0 Å². The molecule has 1 atom stereocenters. The number of para-hydroxylation sites is 1. The molecule has 0 spiro atoms. The molecule has 28 heavy (non-hydrogen) atoms. The van der Waals surface area contributed by atoms with Gasteiger partial charge in [-0.2, -0.15) is 0 Å². The fraction of sp³-hybridized carbons (Fsp3) is 0.150. The highest BCUT2D eigenvalue weighted by Gasteiger charge is 2.38.